The molecule has 0 N–H and O–H groups in total. The van der Waals surface area contributed by atoms with Gasteiger partial charge in [-0.15, -0.1) is 0 Å². The third-order valence-corrected chi connectivity index (χ3v) is 6.02. The SMILES string of the molecule is COc1ccc(S(=O)(=O)Oc2cc(CN(CCN(C)C)C(=O)C(C)C)ccc2OC)cc1. The van der Waals surface area contributed by atoms with Crippen molar-refractivity contribution < 1.29 is 26.9 Å². The number of carbonyl (C=O) groups is 1. The van der Waals surface area contributed by atoms with Gasteiger partial charge in [0.1, 0.15) is 10.6 Å². The highest BCUT2D eigenvalue weighted by Crippen LogP contribution is 2.31. The number of rotatable bonds is 11. The molecule has 8 nitrogen and oxygen atoms in total. The van der Waals surface area contributed by atoms with Crippen molar-refractivity contribution in [2.75, 3.05) is 41.4 Å². The molecule has 0 atom stereocenters. The van der Waals surface area contributed by atoms with Gasteiger partial charge in [0.15, 0.2) is 11.5 Å². The van der Waals surface area contributed by atoms with Crippen molar-refractivity contribution in [2.24, 2.45) is 5.92 Å². The van der Waals surface area contributed by atoms with Crippen molar-refractivity contribution in [3.8, 4) is 17.2 Å². The fourth-order valence-corrected chi connectivity index (χ4v) is 3.90. The Morgan fingerprint density at radius 3 is 2.12 bits per heavy atom. The van der Waals surface area contributed by atoms with Gasteiger partial charge in [-0.05, 0) is 56.1 Å². The molecule has 0 aliphatic carbocycles. The zero-order valence-corrected chi connectivity index (χ0v) is 20.3. The second kappa shape index (κ2) is 11.2. The number of ether oxygens (including phenoxy) is 2. The van der Waals surface area contributed by atoms with Gasteiger partial charge in [-0.25, -0.2) is 0 Å². The molecule has 0 aliphatic rings. The minimum absolute atomic E-state index is 0.00616. The third-order valence-electron chi connectivity index (χ3n) is 4.77. The molecule has 32 heavy (non-hydrogen) atoms. The normalized spacial score (nSPS) is 11.5. The first-order valence-corrected chi connectivity index (χ1v) is 11.7. The zero-order valence-electron chi connectivity index (χ0n) is 19.5. The van der Waals surface area contributed by atoms with Gasteiger partial charge in [-0.2, -0.15) is 8.42 Å². The Balaban J connectivity index is 2.31. The van der Waals surface area contributed by atoms with Crippen LogP contribution in [0.25, 0.3) is 0 Å². The van der Waals surface area contributed by atoms with Gasteiger partial charge in [-0.1, -0.05) is 19.9 Å². The molecule has 0 heterocycles. The maximum atomic E-state index is 12.8. The van der Waals surface area contributed by atoms with Crippen LogP contribution in [0.5, 0.6) is 17.2 Å². The largest absolute Gasteiger partial charge is 0.497 e. The molecule has 0 spiro atoms. The summed E-state index contributed by atoms with van der Waals surface area (Å²) in [5.41, 5.74) is 0.735. The third kappa shape index (κ3) is 6.86. The van der Waals surface area contributed by atoms with Crippen LogP contribution in [0.15, 0.2) is 47.4 Å². The lowest BCUT2D eigenvalue weighted by molar-refractivity contribution is -0.135. The van der Waals surface area contributed by atoms with E-state index in [4.69, 9.17) is 13.7 Å². The lowest BCUT2D eigenvalue weighted by Gasteiger charge is -2.26. The Labute approximate surface area is 190 Å². The Kier molecular flexibility index (Phi) is 8.91. The highest BCUT2D eigenvalue weighted by Gasteiger charge is 2.22. The summed E-state index contributed by atoms with van der Waals surface area (Å²) in [7, 11) is 2.74. The summed E-state index contributed by atoms with van der Waals surface area (Å²) in [5, 5.41) is 0. The minimum Gasteiger partial charge on any atom is -0.497 e. The number of amides is 1. The minimum atomic E-state index is -4.09. The van der Waals surface area contributed by atoms with Crippen LogP contribution < -0.4 is 13.7 Å². The van der Waals surface area contributed by atoms with E-state index >= 15 is 0 Å². The second-order valence-corrected chi connectivity index (χ2v) is 9.46. The summed E-state index contributed by atoms with van der Waals surface area (Å²) in [6.07, 6.45) is 0. The van der Waals surface area contributed by atoms with Crippen LogP contribution in [-0.2, 0) is 21.5 Å². The highest BCUT2D eigenvalue weighted by atomic mass is 32.2. The van der Waals surface area contributed by atoms with E-state index in [-0.39, 0.29) is 28.2 Å². The van der Waals surface area contributed by atoms with Gasteiger partial charge < -0.3 is 23.5 Å². The molecule has 0 aliphatic heterocycles. The Morgan fingerprint density at radius 2 is 1.59 bits per heavy atom. The van der Waals surface area contributed by atoms with Crippen molar-refractivity contribution in [3.05, 3.63) is 48.0 Å². The smallest absolute Gasteiger partial charge is 0.339 e. The Hall–Kier alpha value is -2.78. The summed E-state index contributed by atoms with van der Waals surface area (Å²) in [5.74, 6) is 0.750. The fraction of sp³-hybridized carbons (Fsp3) is 0.435. The number of hydrogen-bond donors (Lipinski definition) is 0. The summed E-state index contributed by atoms with van der Waals surface area (Å²) < 4.78 is 41.3. The van der Waals surface area contributed by atoms with Gasteiger partial charge >= 0.3 is 10.1 Å². The number of nitrogens with zero attached hydrogens (tertiary/aromatic N) is 2. The van der Waals surface area contributed by atoms with E-state index in [0.29, 0.717) is 25.4 Å². The number of methoxy groups -OCH3 is 2. The Morgan fingerprint density at radius 1 is 0.938 bits per heavy atom. The maximum absolute atomic E-state index is 12.8. The standard InChI is InChI=1S/C23H32N2O6S/c1-17(2)23(26)25(14-13-24(3)4)16-18-7-12-21(30-6)22(15-18)31-32(27,28)20-10-8-19(29-5)9-11-20/h7-12,15,17H,13-14,16H2,1-6H3. The predicted molar refractivity (Wildman–Crippen MR) is 123 cm³/mol. The predicted octanol–water partition coefficient (Wildman–Crippen LogP) is 3.02. The lowest BCUT2D eigenvalue weighted by atomic mass is 10.1. The average Bonchev–Trinajstić information content (AvgIpc) is 2.75. The molecular formula is C23H32N2O6S. The number of carbonyl (C=O) groups excluding carboxylic acids is 1. The molecule has 2 aromatic carbocycles. The number of likely N-dealkylation sites (N-methyl/N-ethyl adjacent to an activating group) is 1. The molecule has 0 bridgehead atoms. The maximum Gasteiger partial charge on any atom is 0.339 e. The van der Waals surface area contributed by atoms with E-state index in [1.54, 1.807) is 35.2 Å². The van der Waals surface area contributed by atoms with Crippen molar-refractivity contribution in [1.82, 2.24) is 9.80 Å². The van der Waals surface area contributed by atoms with Gasteiger partial charge in [0, 0.05) is 25.6 Å². The van der Waals surface area contributed by atoms with Crippen molar-refractivity contribution >= 4 is 16.0 Å². The first-order valence-electron chi connectivity index (χ1n) is 10.3. The van der Waals surface area contributed by atoms with Gasteiger partial charge in [0.2, 0.25) is 5.91 Å². The summed E-state index contributed by atoms with van der Waals surface area (Å²) in [4.78, 5) is 16.4. The van der Waals surface area contributed by atoms with Gasteiger partial charge in [-0.3, -0.25) is 4.79 Å². The van der Waals surface area contributed by atoms with Crippen LogP contribution in [0, 0.1) is 5.92 Å². The van der Waals surface area contributed by atoms with Gasteiger partial charge in [0.05, 0.1) is 14.2 Å². The molecule has 0 saturated carbocycles. The first-order chi connectivity index (χ1) is 15.1. The van der Waals surface area contributed by atoms with Crippen LogP contribution in [0.2, 0.25) is 0 Å². The molecule has 0 aromatic heterocycles. The molecule has 9 heteroatoms. The van der Waals surface area contributed by atoms with Gasteiger partial charge in [0.25, 0.3) is 0 Å². The van der Waals surface area contributed by atoms with Crippen molar-refractivity contribution in [3.63, 3.8) is 0 Å². The second-order valence-electron chi connectivity index (χ2n) is 7.92. The number of hydrogen-bond acceptors (Lipinski definition) is 7. The van der Waals surface area contributed by atoms with Crippen LogP contribution in [0.4, 0.5) is 0 Å². The van der Waals surface area contributed by atoms with Crippen molar-refractivity contribution in [2.45, 2.75) is 25.3 Å². The topological polar surface area (TPSA) is 85.4 Å². The number of benzene rings is 2. The molecule has 176 valence electrons. The quantitative estimate of drug-likeness (QED) is 0.473. The summed E-state index contributed by atoms with van der Waals surface area (Å²) >= 11 is 0. The summed E-state index contributed by atoms with van der Waals surface area (Å²) in [6.45, 7) is 5.30. The summed E-state index contributed by atoms with van der Waals surface area (Å²) in [6, 6.07) is 10.9. The van der Waals surface area contributed by atoms with E-state index in [9.17, 15) is 13.2 Å². The van der Waals surface area contributed by atoms with Crippen LogP contribution in [0.3, 0.4) is 0 Å². The average molecular weight is 465 g/mol. The molecule has 0 unspecified atom stereocenters. The Bertz CT molecular complexity index is 1000. The van der Waals surface area contributed by atoms with E-state index in [0.717, 1.165) is 5.56 Å². The molecular weight excluding hydrogens is 432 g/mol. The molecule has 2 rings (SSSR count). The van der Waals surface area contributed by atoms with E-state index in [1.807, 2.05) is 32.8 Å². The highest BCUT2D eigenvalue weighted by molar-refractivity contribution is 7.87. The van der Waals surface area contributed by atoms with Crippen LogP contribution in [-0.4, -0.2) is 65.5 Å². The van der Waals surface area contributed by atoms with Crippen LogP contribution >= 0.6 is 0 Å². The fourth-order valence-electron chi connectivity index (χ4n) is 2.97. The van der Waals surface area contributed by atoms with E-state index < -0.39 is 10.1 Å². The van der Waals surface area contributed by atoms with Crippen molar-refractivity contribution in [1.29, 1.82) is 0 Å². The first kappa shape index (κ1) is 25.5. The molecule has 0 fully saturated rings. The van der Waals surface area contributed by atoms with E-state index in [1.165, 1.54) is 26.4 Å². The molecule has 1 amide bonds. The zero-order chi connectivity index (χ0) is 23.9. The molecule has 2 aromatic rings. The van der Waals surface area contributed by atoms with E-state index in [2.05, 4.69) is 0 Å². The molecule has 0 saturated heterocycles. The lowest BCUT2D eigenvalue weighted by Crippen LogP contribution is -2.38. The van der Waals surface area contributed by atoms with Crippen LogP contribution in [0.1, 0.15) is 19.4 Å². The molecule has 0 radical (unpaired) electrons. The monoisotopic (exact) mass is 464 g/mol.